The molecule has 1 amide bonds. The molecule has 3 aliphatic rings. The Morgan fingerprint density at radius 2 is 1.91 bits per heavy atom. The predicted octanol–water partition coefficient (Wildman–Crippen LogP) is 6.54. The molecule has 0 spiro atoms. The fraction of sp³-hybridized carbons (Fsp3) is 0.364. The highest BCUT2D eigenvalue weighted by atomic mass is 35.5. The Hall–Kier alpha value is -1.22. The molecule has 1 saturated carbocycles. The Labute approximate surface area is 209 Å². The topological polar surface area (TPSA) is 50.2 Å². The summed E-state index contributed by atoms with van der Waals surface area (Å²) >= 11 is 22.2. The SMILES string of the molecule is O=C(NN1CC2CCCC2C1)c1nn(-c2ccc(Cl)cc2Cl)c2c1SCc1sc(Cl)cc1-2. The number of carbonyl (C=O) groups is 1. The summed E-state index contributed by atoms with van der Waals surface area (Å²) in [5, 5.41) is 7.85. The van der Waals surface area contributed by atoms with Gasteiger partial charge in [-0.05, 0) is 48.9 Å². The van der Waals surface area contributed by atoms with Gasteiger partial charge in [0.15, 0.2) is 5.69 Å². The summed E-state index contributed by atoms with van der Waals surface area (Å²) in [4.78, 5) is 15.4. The Balaban J connectivity index is 1.41. The summed E-state index contributed by atoms with van der Waals surface area (Å²) in [5.41, 5.74) is 6.07. The molecule has 32 heavy (non-hydrogen) atoms. The Bertz CT molecular complexity index is 1230. The van der Waals surface area contributed by atoms with Crippen molar-refractivity contribution >= 4 is 63.8 Å². The van der Waals surface area contributed by atoms with Gasteiger partial charge >= 0.3 is 0 Å². The first kappa shape index (κ1) is 21.3. The number of hydrogen-bond donors (Lipinski definition) is 1. The van der Waals surface area contributed by atoms with Gasteiger partial charge in [-0.25, -0.2) is 9.69 Å². The van der Waals surface area contributed by atoms with Crippen molar-refractivity contribution in [2.45, 2.75) is 29.9 Å². The third kappa shape index (κ3) is 3.58. The summed E-state index contributed by atoms with van der Waals surface area (Å²) in [5.74, 6) is 1.97. The quantitative estimate of drug-likeness (QED) is 0.422. The van der Waals surface area contributed by atoms with Crippen molar-refractivity contribution in [3.8, 4) is 16.9 Å². The maximum atomic E-state index is 13.4. The summed E-state index contributed by atoms with van der Waals surface area (Å²) in [7, 11) is 0. The van der Waals surface area contributed by atoms with E-state index in [0.29, 0.717) is 37.6 Å². The van der Waals surface area contributed by atoms with Crippen molar-refractivity contribution in [3.05, 3.63) is 49.2 Å². The second-order valence-corrected chi connectivity index (χ2v) is 12.1. The van der Waals surface area contributed by atoms with Crippen LogP contribution in [0.15, 0.2) is 29.2 Å². The highest BCUT2D eigenvalue weighted by molar-refractivity contribution is 7.99. The van der Waals surface area contributed by atoms with Crippen molar-refractivity contribution in [1.29, 1.82) is 0 Å². The molecule has 2 unspecified atom stereocenters. The fourth-order valence-electron chi connectivity index (χ4n) is 5.12. The van der Waals surface area contributed by atoms with Gasteiger partial charge < -0.3 is 0 Å². The van der Waals surface area contributed by atoms with E-state index in [1.807, 2.05) is 12.1 Å². The lowest BCUT2D eigenvalue weighted by atomic mass is 10.0. The smallest absolute Gasteiger partial charge is 0.283 e. The molecule has 5 nitrogen and oxygen atoms in total. The van der Waals surface area contributed by atoms with Gasteiger partial charge in [-0.15, -0.1) is 23.1 Å². The zero-order valence-electron chi connectivity index (χ0n) is 16.9. The van der Waals surface area contributed by atoms with Crippen molar-refractivity contribution in [3.63, 3.8) is 0 Å². The van der Waals surface area contributed by atoms with E-state index < -0.39 is 0 Å². The lowest BCUT2D eigenvalue weighted by molar-refractivity contribution is 0.0805. The number of thioether (sulfide) groups is 1. The summed E-state index contributed by atoms with van der Waals surface area (Å²) in [6, 6.07) is 7.24. The van der Waals surface area contributed by atoms with E-state index in [-0.39, 0.29) is 5.91 Å². The normalized spacial score (nSPS) is 22.0. The number of nitrogens with zero attached hydrogens (tertiary/aromatic N) is 3. The third-order valence-corrected chi connectivity index (χ3v) is 9.66. The lowest BCUT2D eigenvalue weighted by Crippen LogP contribution is -2.41. The predicted molar refractivity (Wildman–Crippen MR) is 131 cm³/mol. The highest BCUT2D eigenvalue weighted by Crippen LogP contribution is 2.49. The minimum absolute atomic E-state index is 0.178. The number of halogens is 3. The van der Waals surface area contributed by atoms with Crippen LogP contribution in [0.1, 0.15) is 34.6 Å². The first-order valence-electron chi connectivity index (χ1n) is 10.5. The number of hydrogen-bond acceptors (Lipinski definition) is 5. The maximum absolute atomic E-state index is 13.4. The average Bonchev–Trinajstić information content (AvgIpc) is 3.48. The van der Waals surface area contributed by atoms with Crippen LogP contribution in [0.4, 0.5) is 0 Å². The molecule has 1 aliphatic carbocycles. The first-order valence-corrected chi connectivity index (χ1v) is 13.5. The van der Waals surface area contributed by atoms with Gasteiger partial charge in [0.25, 0.3) is 5.91 Å². The molecular formula is C22H19Cl3N4OS2. The molecule has 2 atom stereocenters. The standard InChI is InChI=1S/C22H19Cl3N4OS2/c23-13-4-5-16(15(24)6-13)29-20-14-7-18(25)32-17(14)10-31-21(20)19(26-29)22(30)27-28-8-11-2-1-3-12(11)9-28/h4-7,11-12H,1-3,8-10H2,(H,27,30). The van der Waals surface area contributed by atoms with E-state index in [2.05, 4.69) is 10.4 Å². The molecule has 0 radical (unpaired) electrons. The molecule has 4 heterocycles. The third-order valence-electron chi connectivity index (χ3n) is 6.56. The average molecular weight is 526 g/mol. The summed E-state index contributed by atoms with van der Waals surface area (Å²) in [6.07, 6.45) is 3.82. The van der Waals surface area contributed by atoms with Gasteiger partial charge in [0.1, 0.15) is 0 Å². The van der Waals surface area contributed by atoms with E-state index in [1.54, 1.807) is 39.9 Å². The van der Waals surface area contributed by atoms with Gasteiger partial charge in [-0.1, -0.05) is 41.2 Å². The minimum atomic E-state index is -0.178. The number of fused-ring (bicyclic) bond motifs is 4. The number of nitrogens with one attached hydrogen (secondary N) is 1. The van der Waals surface area contributed by atoms with Crippen LogP contribution in [0.5, 0.6) is 0 Å². The van der Waals surface area contributed by atoms with Crippen LogP contribution >= 0.6 is 57.9 Å². The second kappa shape index (κ2) is 8.22. The van der Waals surface area contributed by atoms with Crippen molar-refractivity contribution < 1.29 is 4.79 Å². The summed E-state index contributed by atoms with van der Waals surface area (Å²) in [6.45, 7) is 1.83. The highest BCUT2D eigenvalue weighted by Gasteiger charge is 2.38. The first-order chi connectivity index (χ1) is 15.5. The second-order valence-electron chi connectivity index (χ2n) is 8.51. The van der Waals surface area contributed by atoms with E-state index in [0.717, 1.165) is 39.9 Å². The fourth-order valence-corrected chi connectivity index (χ4v) is 8.12. The number of hydrazine groups is 1. The Morgan fingerprint density at radius 1 is 1.12 bits per heavy atom. The number of carbonyl (C=O) groups excluding carboxylic acids is 1. The van der Waals surface area contributed by atoms with Crippen LogP contribution in [0.25, 0.3) is 16.9 Å². The van der Waals surface area contributed by atoms with Crippen molar-refractivity contribution in [2.24, 2.45) is 11.8 Å². The zero-order chi connectivity index (χ0) is 22.0. The molecule has 2 aromatic heterocycles. The summed E-state index contributed by atoms with van der Waals surface area (Å²) < 4.78 is 2.48. The van der Waals surface area contributed by atoms with Gasteiger partial charge in [0.05, 0.1) is 25.6 Å². The molecule has 1 saturated heterocycles. The van der Waals surface area contributed by atoms with Crippen LogP contribution < -0.4 is 5.43 Å². The monoisotopic (exact) mass is 524 g/mol. The number of rotatable bonds is 3. The lowest BCUT2D eigenvalue weighted by Gasteiger charge is -2.18. The van der Waals surface area contributed by atoms with Gasteiger partial charge in [-0.2, -0.15) is 5.10 Å². The van der Waals surface area contributed by atoms with Crippen molar-refractivity contribution in [1.82, 2.24) is 20.2 Å². The minimum Gasteiger partial charge on any atom is -0.283 e. The van der Waals surface area contributed by atoms with E-state index in [9.17, 15) is 4.79 Å². The Morgan fingerprint density at radius 3 is 2.66 bits per heavy atom. The molecule has 2 fully saturated rings. The molecule has 1 N–H and O–H groups in total. The zero-order valence-corrected chi connectivity index (χ0v) is 20.8. The molecule has 2 aliphatic heterocycles. The largest absolute Gasteiger partial charge is 0.287 e. The number of thiophene rings is 1. The number of aromatic nitrogens is 2. The maximum Gasteiger partial charge on any atom is 0.287 e. The molecule has 10 heteroatoms. The van der Waals surface area contributed by atoms with Gasteiger partial charge in [-0.3, -0.25) is 10.2 Å². The Kier molecular flexibility index (Phi) is 5.48. The molecule has 1 aromatic carbocycles. The number of amides is 1. The van der Waals surface area contributed by atoms with Crippen molar-refractivity contribution in [2.75, 3.05) is 13.1 Å². The molecule has 0 bridgehead atoms. The molecule has 6 rings (SSSR count). The number of benzene rings is 1. The molecular weight excluding hydrogens is 507 g/mol. The molecule has 3 aromatic rings. The van der Waals surface area contributed by atoms with E-state index >= 15 is 0 Å². The van der Waals surface area contributed by atoms with Crippen LogP contribution in [-0.2, 0) is 5.75 Å². The van der Waals surface area contributed by atoms with Gasteiger partial charge in [0, 0.05) is 34.3 Å². The molecule has 166 valence electrons. The van der Waals surface area contributed by atoms with Crippen LogP contribution in [-0.4, -0.2) is 33.8 Å². The van der Waals surface area contributed by atoms with Crippen LogP contribution in [0, 0.1) is 11.8 Å². The van der Waals surface area contributed by atoms with E-state index in [1.165, 1.54) is 19.3 Å². The van der Waals surface area contributed by atoms with Gasteiger partial charge in [0.2, 0.25) is 0 Å². The van der Waals surface area contributed by atoms with Crippen LogP contribution in [0.3, 0.4) is 0 Å². The van der Waals surface area contributed by atoms with E-state index in [4.69, 9.17) is 39.9 Å². The van der Waals surface area contributed by atoms with Crippen LogP contribution in [0.2, 0.25) is 14.4 Å².